The van der Waals surface area contributed by atoms with E-state index < -0.39 is 0 Å². The number of methoxy groups -OCH3 is 2. The van der Waals surface area contributed by atoms with E-state index in [1.54, 1.807) is 14.2 Å². The second-order valence-electron chi connectivity index (χ2n) is 6.04. The summed E-state index contributed by atoms with van der Waals surface area (Å²) in [6, 6.07) is 0.894. The molecule has 0 saturated carbocycles. The third kappa shape index (κ3) is 7.25. The molecular weight excluding hydrogens is 240 g/mol. The van der Waals surface area contributed by atoms with Gasteiger partial charge in [-0.05, 0) is 25.8 Å². The van der Waals surface area contributed by atoms with E-state index in [2.05, 4.69) is 44.8 Å². The number of nitrogens with one attached hydrogen (secondary N) is 1. The molecule has 0 aliphatic carbocycles. The molecule has 0 rings (SSSR count). The Labute approximate surface area is 119 Å². The highest BCUT2D eigenvalue weighted by Crippen LogP contribution is 2.23. The summed E-state index contributed by atoms with van der Waals surface area (Å²) in [5.41, 5.74) is 0.214. The van der Waals surface area contributed by atoms with Crippen LogP contribution in [0.25, 0.3) is 0 Å². The van der Waals surface area contributed by atoms with Gasteiger partial charge in [-0.15, -0.1) is 0 Å². The molecule has 0 fully saturated rings. The molecule has 0 radical (unpaired) electrons. The molecule has 0 aromatic carbocycles. The fourth-order valence-corrected chi connectivity index (χ4v) is 2.25. The van der Waals surface area contributed by atoms with Crippen molar-refractivity contribution in [1.82, 2.24) is 10.2 Å². The first-order chi connectivity index (χ1) is 8.88. The molecular formula is C15H34N2O2. The summed E-state index contributed by atoms with van der Waals surface area (Å²) in [5, 5.41) is 3.53. The molecule has 0 aromatic heterocycles. The lowest BCUT2D eigenvalue weighted by atomic mass is 9.84. The molecule has 0 heterocycles. The van der Waals surface area contributed by atoms with E-state index in [1.807, 2.05) is 0 Å². The summed E-state index contributed by atoms with van der Waals surface area (Å²) in [5.74, 6) is 0. The molecule has 1 N–H and O–H groups in total. The van der Waals surface area contributed by atoms with Gasteiger partial charge in [0.15, 0.2) is 0 Å². The van der Waals surface area contributed by atoms with Crippen molar-refractivity contribution in [3.8, 4) is 0 Å². The largest absolute Gasteiger partial charge is 0.383 e. The van der Waals surface area contributed by atoms with Gasteiger partial charge in [0.1, 0.15) is 0 Å². The van der Waals surface area contributed by atoms with Crippen LogP contribution in [0, 0.1) is 5.41 Å². The summed E-state index contributed by atoms with van der Waals surface area (Å²) in [7, 11) is 3.52. The maximum absolute atomic E-state index is 5.29. The average molecular weight is 274 g/mol. The number of rotatable bonds is 11. The van der Waals surface area contributed by atoms with Gasteiger partial charge in [0.2, 0.25) is 0 Å². The Morgan fingerprint density at radius 1 is 1.16 bits per heavy atom. The maximum Gasteiger partial charge on any atom is 0.0615 e. The zero-order chi connectivity index (χ0) is 14.9. The molecule has 0 aliphatic rings. The zero-order valence-corrected chi connectivity index (χ0v) is 14.0. The molecule has 2 unspecified atom stereocenters. The lowest BCUT2D eigenvalue weighted by molar-refractivity contribution is 0.0431. The molecule has 19 heavy (non-hydrogen) atoms. The smallest absolute Gasteiger partial charge is 0.0615 e. The molecule has 0 saturated heterocycles. The molecule has 0 aliphatic heterocycles. The Bertz CT molecular complexity index is 222. The van der Waals surface area contributed by atoms with Crippen LogP contribution in [-0.2, 0) is 9.47 Å². The van der Waals surface area contributed by atoms with Gasteiger partial charge >= 0.3 is 0 Å². The normalized spacial score (nSPS) is 15.8. The van der Waals surface area contributed by atoms with Crippen LogP contribution in [-0.4, -0.2) is 64.1 Å². The Balaban J connectivity index is 4.58. The van der Waals surface area contributed by atoms with E-state index >= 15 is 0 Å². The number of hydrogen-bond acceptors (Lipinski definition) is 4. The van der Waals surface area contributed by atoms with Crippen molar-refractivity contribution < 1.29 is 9.47 Å². The summed E-state index contributed by atoms with van der Waals surface area (Å²) in [6.07, 6.45) is 0. The Hall–Kier alpha value is -0.160. The van der Waals surface area contributed by atoms with E-state index in [1.165, 1.54) is 0 Å². The van der Waals surface area contributed by atoms with Crippen LogP contribution in [0.15, 0.2) is 0 Å². The highest BCUT2D eigenvalue weighted by atomic mass is 16.5. The fourth-order valence-electron chi connectivity index (χ4n) is 2.25. The van der Waals surface area contributed by atoms with E-state index in [0.717, 1.165) is 32.8 Å². The van der Waals surface area contributed by atoms with E-state index in [4.69, 9.17) is 9.47 Å². The molecule has 0 amide bonds. The van der Waals surface area contributed by atoms with Gasteiger partial charge in [-0.2, -0.15) is 0 Å². The molecule has 4 nitrogen and oxygen atoms in total. The van der Waals surface area contributed by atoms with E-state index in [9.17, 15) is 0 Å². The van der Waals surface area contributed by atoms with E-state index in [-0.39, 0.29) is 5.41 Å². The first-order valence-electron chi connectivity index (χ1n) is 7.34. The highest BCUT2D eigenvalue weighted by Gasteiger charge is 2.29. The molecule has 2 atom stereocenters. The minimum atomic E-state index is 0.214. The third-order valence-electron chi connectivity index (χ3n) is 3.91. The van der Waals surface area contributed by atoms with Gasteiger partial charge in [-0.1, -0.05) is 20.8 Å². The standard InChI is InChI=1S/C15H34N2O2/c1-8-16-14(3)15(4,5)12-17(9-10-18-6)13(2)11-19-7/h13-14,16H,8-12H2,1-7H3. The van der Waals surface area contributed by atoms with Crippen LogP contribution in [0.4, 0.5) is 0 Å². The van der Waals surface area contributed by atoms with Crippen molar-refractivity contribution in [2.45, 2.75) is 46.7 Å². The lowest BCUT2D eigenvalue weighted by Crippen LogP contribution is -2.50. The minimum absolute atomic E-state index is 0.214. The molecule has 116 valence electrons. The monoisotopic (exact) mass is 274 g/mol. The summed E-state index contributed by atoms with van der Waals surface area (Å²) >= 11 is 0. The number of ether oxygens (including phenoxy) is 2. The predicted octanol–water partition coefficient (Wildman–Crippen LogP) is 1.99. The predicted molar refractivity (Wildman–Crippen MR) is 81.7 cm³/mol. The summed E-state index contributed by atoms with van der Waals surface area (Å²) in [6.45, 7) is 15.8. The summed E-state index contributed by atoms with van der Waals surface area (Å²) in [4.78, 5) is 2.46. The molecule has 4 heteroatoms. The molecule has 0 bridgehead atoms. The van der Waals surface area contributed by atoms with Crippen molar-refractivity contribution in [1.29, 1.82) is 0 Å². The average Bonchev–Trinajstić information content (AvgIpc) is 2.34. The van der Waals surface area contributed by atoms with Crippen molar-refractivity contribution in [2.24, 2.45) is 5.41 Å². The Morgan fingerprint density at radius 2 is 1.79 bits per heavy atom. The second-order valence-corrected chi connectivity index (χ2v) is 6.04. The van der Waals surface area contributed by atoms with Gasteiger partial charge in [-0.3, -0.25) is 4.90 Å². The van der Waals surface area contributed by atoms with Gasteiger partial charge in [0.05, 0.1) is 13.2 Å². The van der Waals surface area contributed by atoms with Crippen LogP contribution in [0.5, 0.6) is 0 Å². The minimum Gasteiger partial charge on any atom is -0.383 e. The van der Waals surface area contributed by atoms with Crippen molar-refractivity contribution in [3.05, 3.63) is 0 Å². The Morgan fingerprint density at radius 3 is 2.26 bits per heavy atom. The van der Waals surface area contributed by atoms with Crippen molar-refractivity contribution in [3.63, 3.8) is 0 Å². The van der Waals surface area contributed by atoms with Crippen LogP contribution >= 0.6 is 0 Å². The number of nitrogens with zero attached hydrogens (tertiary/aromatic N) is 1. The quantitative estimate of drug-likeness (QED) is 0.625. The first-order valence-corrected chi connectivity index (χ1v) is 7.34. The van der Waals surface area contributed by atoms with Crippen LogP contribution in [0.2, 0.25) is 0 Å². The van der Waals surface area contributed by atoms with Gasteiger partial charge in [-0.25, -0.2) is 0 Å². The fraction of sp³-hybridized carbons (Fsp3) is 1.00. The van der Waals surface area contributed by atoms with Crippen LogP contribution < -0.4 is 5.32 Å². The third-order valence-corrected chi connectivity index (χ3v) is 3.91. The van der Waals surface area contributed by atoms with Crippen LogP contribution in [0.3, 0.4) is 0 Å². The van der Waals surface area contributed by atoms with E-state index in [0.29, 0.717) is 12.1 Å². The zero-order valence-electron chi connectivity index (χ0n) is 14.0. The molecule has 0 spiro atoms. The topological polar surface area (TPSA) is 33.7 Å². The Kier molecular flexibility index (Phi) is 9.62. The van der Waals surface area contributed by atoms with Gasteiger partial charge < -0.3 is 14.8 Å². The molecule has 0 aromatic rings. The van der Waals surface area contributed by atoms with Gasteiger partial charge in [0.25, 0.3) is 0 Å². The second kappa shape index (κ2) is 9.70. The SMILES string of the molecule is CCNC(C)C(C)(C)CN(CCOC)C(C)COC. The van der Waals surface area contributed by atoms with Crippen LogP contribution in [0.1, 0.15) is 34.6 Å². The van der Waals surface area contributed by atoms with Gasteiger partial charge in [0, 0.05) is 39.4 Å². The van der Waals surface area contributed by atoms with Crippen molar-refractivity contribution >= 4 is 0 Å². The lowest BCUT2D eigenvalue weighted by Gasteiger charge is -2.40. The maximum atomic E-state index is 5.29. The first kappa shape index (κ1) is 18.8. The highest BCUT2D eigenvalue weighted by molar-refractivity contribution is 4.85. The number of hydrogen-bond donors (Lipinski definition) is 1. The van der Waals surface area contributed by atoms with Crippen molar-refractivity contribution in [2.75, 3.05) is 47.1 Å². The summed E-state index contributed by atoms with van der Waals surface area (Å²) < 4.78 is 10.5.